The third-order valence-electron chi connectivity index (χ3n) is 2.36. The normalized spacial score (nSPS) is 10.4. The van der Waals surface area contributed by atoms with Crippen LogP contribution in [0.1, 0.15) is 11.1 Å². The van der Waals surface area contributed by atoms with E-state index in [1.807, 2.05) is 30.3 Å². The predicted molar refractivity (Wildman–Crippen MR) is 76.1 cm³/mol. The van der Waals surface area contributed by atoms with Crippen LogP contribution >= 0.6 is 43.5 Å². The van der Waals surface area contributed by atoms with Crippen molar-refractivity contribution in [2.75, 3.05) is 0 Å². The smallest absolute Gasteiger partial charge is 0.0452 e. The first-order valence-electron chi connectivity index (χ1n) is 4.84. The van der Waals surface area contributed by atoms with Crippen LogP contribution in [0.3, 0.4) is 0 Å². The van der Waals surface area contributed by atoms with Crippen LogP contribution in [0.4, 0.5) is 0 Å². The minimum absolute atomic E-state index is 0.803. The molecule has 0 unspecified atom stereocenters. The Kier molecular flexibility index (Phi) is 4.06. The van der Waals surface area contributed by atoms with Crippen LogP contribution < -0.4 is 0 Å². The topological polar surface area (TPSA) is 0 Å². The Morgan fingerprint density at radius 3 is 2.25 bits per heavy atom. The molecule has 0 fully saturated rings. The molecule has 16 heavy (non-hydrogen) atoms. The lowest BCUT2D eigenvalue weighted by Gasteiger charge is -2.07. The second kappa shape index (κ2) is 5.35. The predicted octanol–water partition coefficient (Wildman–Crippen LogP) is 5.46. The second-order valence-corrected chi connectivity index (χ2v) is 5.68. The van der Waals surface area contributed by atoms with Crippen LogP contribution in [0.25, 0.3) is 0 Å². The van der Waals surface area contributed by atoms with Crippen molar-refractivity contribution >= 4 is 43.5 Å². The fourth-order valence-corrected chi connectivity index (χ4v) is 2.63. The van der Waals surface area contributed by atoms with Crippen LogP contribution in [-0.2, 0) is 6.42 Å². The van der Waals surface area contributed by atoms with E-state index in [2.05, 4.69) is 44.0 Å². The van der Waals surface area contributed by atoms with Crippen LogP contribution in [-0.4, -0.2) is 0 Å². The molecule has 82 valence electrons. The summed E-state index contributed by atoms with van der Waals surface area (Å²) in [6.45, 7) is 0. The molecular weight excluding hydrogens is 351 g/mol. The summed E-state index contributed by atoms with van der Waals surface area (Å²) in [5.41, 5.74) is 2.38. The molecule has 0 N–H and O–H groups in total. The van der Waals surface area contributed by atoms with Gasteiger partial charge in [-0.2, -0.15) is 0 Å². The molecule has 3 heteroatoms. The van der Waals surface area contributed by atoms with Crippen molar-refractivity contribution in [1.29, 1.82) is 0 Å². The Morgan fingerprint density at radius 2 is 1.62 bits per heavy atom. The molecule has 0 saturated carbocycles. The molecule has 0 aliphatic heterocycles. The van der Waals surface area contributed by atoms with Crippen LogP contribution in [0.5, 0.6) is 0 Å². The standard InChI is InChI=1S/C13H9Br2Cl/c14-10-6-4-9(5-7-10)8-11-12(15)2-1-3-13(11)16/h1-7H,8H2. The van der Waals surface area contributed by atoms with Crippen molar-refractivity contribution < 1.29 is 0 Å². The maximum Gasteiger partial charge on any atom is 0.0452 e. The quantitative estimate of drug-likeness (QED) is 0.667. The van der Waals surface area contributed by atoms with Gasteiger partial charge in [-0.25, -0.2) is 0 Å². The van der Waals surface area contributed by atoms with E-state index in [1.165, 1.54) is 5.56 Å². The zero-order valence-electron chi connectivity index (χ0n) is 8.38. The summed E-state index contributed by atoms with van der Waals surface area (Å²) in [5.74, 6) is 0. The molecule has 0 amide bonds. The first-order valence-corrected chi connectivity index (χ1v) is 6.80. The molecular formula is C13H9Br2Cl. The molecule has 0 nitrogen and oxygen atoms in total. The van der Waals surface area contributed by atoms with Gasteiger partial charge in [0.2, 0.25) is 0 Å². The highest BCUT2D eigenvalue weighted by Crippen LogP contribution is 2.27. The lowest BCUT2D eigenvalue weighted by Crippen LogP contribution is -1.90. The van der Waals surface area contributed by atoms with Gasteiger partial charge in [0, 0.05) is 20.4 Å². The molecule has 2 rings (SSSR count). The summed E-state index contributed by atoms with van der Waals surface area (Å²) in [4.78, 5) is 0. The largest absolute Gasteiger partial charge is 0.0840 e. The maximum absolute atomic E-state index is 6.17. The van der Waals surface area contributed by atoms with Crippen LogP contribution in [0.15, 0.2) is 51.4 Å². The van der Waals surface area contributed by atoms with E-state index < -0.39 is 0 Å². The van der Waals surface area contributed by atoms with E-state index in [0.717, 1.165) is 26.0 Å². The first-order chi connectivity index (χ1) is 7.66. The summed E-state index contributed by atoms with van der Waals surface area (Å²) in [5, 5.41) is 0.803. The van der Waals surface area contributed by atoms with Gasteiger partial charge in [-0.3, -0.25) is 0 Å². The highest BCUT2D eigenvalue weighted by atomic mass is 79.9. The Morgan fingerprint density at radius 1 is 0.938 bits per heavy atom. The number of hydrogen-bond donors (Lipinski definition) is 0. The molecule has 0 aliphatic rings. The minimum Gasteiger partial charge on any atom is -0.0840 e. The van der Waals surface area contributed by atoms with E-state index in [-0.39, 0.29) is 0 Å². The molecule has 0 atom stereocenters. The minimum atomic E-state index is 0.803. The SMILES string of the molecule is Clc1cccc(Br)c1Cc1ccc(Br)cc1. The van der Waals surface area contributed by atoms with Gasteiger partial charge in [0.25, 0.3) is 0 Å². The molecule has 0 saturated heterocycles. The number of benzene rings is 2. The maximum atomic E-state index is 6.17. The van der Waals surface area contributed by atoms with Gasteiger partial charge >= 0.3 is 0 Å². The Balaban J connectivity index is 2.30. The Labute approximate surface area is 117 Å². The Hall–Kier alpha value is -0.310. The molecule has 0 aliphatic carbocycles. The second-order valence-electron chi connectivity index (χ2n) is 3.50. The average Bonchev–Trinajstić information content (AvgIpc) is 2.26. The van der Waals surface area contributed by atoms with Gasteiger partial charge in [0.05, 0.1) is 0 Å². The average molecular weight is 360 g/mol. The van der Waals surface area contributed by atoms with Crippen molar-refractivity contribution in [2.24, 2.45) is 0 Å². The molecule has 0 spiro atoms. The molecule has 2 aromatic rings. The summed E-state index contributed by atoms with van der Waals surface area (Å²) in [6.07, 6.45) is 0.841. The van der Waals surface area contributed by atoms with Gasteiger partial charge < -0.3 is 0 Å². The summed E-state index contributed by atoms with van der Waals surface area (Å²) >= 11 is 13.1. The summed E-state index contributed by atoms with van der Waals surface area (Å²) in [7, 11) is 0. The van der Waals surface area contributed by atoms with Gasteiger partial charge in [0.15, 0.2) is 0 Å². The van der Waals surface area contributed by atoms with Crippen molar-refractivity contribution in [3.63, 3.8) is 0 Å². The van der Waals surface area contributed by atoms with Gasteiger partial charge in [-0.15, -0.1) is 0 Å². The number of rotatable bonds is 2. The van der Waals surface area contributed by atoms with Crippen molar-refractivity contribution in [2.45, 2.75) is 6.42 Å². The fraction of sp³-hybridized carbons (Fsp3) is 0.0769. The van der Waals surface area contributed by atoms with E-state index in [4.69, 9.17) is 11.6 Å². The van der Waals surface area contributed by atoms with Crippen molar-refractivity contribution in [1.82, 2.24) is 0 Å². The first kappa shape index (κ1) is 12.2. The Bertz CT molecular complexity index is 472. The zero-order chi connectivity index (χ0) is 11.5. The fourth-order valence-electron chi connectivity index (χ4n) is 1.51. The van der Waals surface area contributed by atoms with Crippen LogP contribution in [0.2, 0.25) is 5.02 Å². The molecule has 2 aromatic carbocycles. The third-order valence-corrected chi connectivity index (χ3v) is 3.98. The van der Waals surface area contributed by atoms with Crippen molar-refractivity contribution in [3.05, 3.63) is 67.6 Å². The van der Waals surface area contributed by atoms with Crippen LogP contribution in [0, 0.1) is 0 Å². The molecule has 0 radical (unpaired) electrons. The van der Waals surface area contributed by atoms with E-state index >= 15 is 0 Å². The number of hydrogen-bond acceptors (Lipinski definition) is 0. The van der Waals surface area contributed by atoms with E-state index in [0.29, 0.717) is 0 Å². The van der Waals surface area contributed by atoms with Gasteiger partial charge in [0.1, 0.15) is 0 Å². The third kappa shape index (κ3) is 2.88. The molecule has 0 aromatic heterocycles. The van der Waals surface area contributed by atoms with Gasteiger partial charge in [-0.1, -0.05) is 61.7 Å². The molecule has 0 heterocycles. The lowest BCUT2D eigenvalue weighted by atomic mass is 10.1. The summed E-state index contributed by atoms with van der Waals surface area (Å²) in [6, 6.07) is 14.2. The summed E-state index contributed by atoms with van der Waals surface area (Å²) < 4.78 is 2.15. The van der Waals surface area contributed by atoms with E-state index in [9.17, 15) is 0 Å². The number of halogens is 3. The van der Waals surface area contributed by atoms with Gasteiger partial charge in [-0.05, 0) is 35.4 Å². The monoisotopic (exact) mass is 358 g/mol. The highest BCUT2D eigenvalue weighted by molar-refractivity contribution is 9.10. The lowest BCUT2D eigenvalue weighted by molar-refractivity contribution is 1.18. The zero-order valence-corrected chi connectivity index (χ0v) is 12.3. The van der Waals surface area contributed by atoms with Crippen molar-refractivity contribution in [3.8, 4) is 0 Å². The van der Waals surface area contributed by atoms with E-state index in [1.54, 1.807) is 0 Å². The molecule has 0 bridgehead atoms. The highest BCUT2D eigenvalue weighted by Gasteiger charge is 2.05.